The molecule has 0 bridgehead atoms. The van der Waals surface area contributed by atoms with E-state index in [1.54, 1.807) is 12.5 Å². The largest absolute Gasteiger partial charge is 0.323 e. The Bertz CT molecular complexity index is 449. The highest BCUT2D eigenvalue weighted by Gasteiger charge is 2.14. The normalized spacial score (nSPS) is 13.2. The Balaban J connectivity index is 2.06. The fourth-order valence-electron chi connectivity index (χ4n) is 1.58. The van der Waals surface area contributed by atoms with Gasteiger partial charge in [-0.15, -0.1) is 5.10 Å². The van der Waals surface area contributed by atoms with Crippen molar-refractivity contribution in [1.82, 2.24) is 24.4 Å². The highest BCUT2D eigenvalue weighted by atomic mass is 32.1. The molecule has 1 atom stereocenters. The van der Waals surface area contributed by atoms with Crippen molar-refractivity contribution in [3.8, 4) is 0 Å². The van der Waals surface area contributed by atoms with E-state index in [9.17, 15) is 0 Å². The van der Waals surface area contributed by atoms with Crippen molar-refractivity contribution < 1.29 is 0 Å². The molecule has 2 N–H and O–H groups in total. The lowest BCUT2D eigenvalue weighted by Gasteiger charge is -2.11. The standard InChI is InChI=1S/C10H16N6S/c1-7(2)5-16-10(12-6-14-16)3-8(11)9-4-13-15-17-9/h4,6-8H,3,5,11H2,1-2H3. The lowest BCUT2D eigenvalue weighted by atomic mass is 10.2. The molecule has 0 radical (unpaired) electrons. The summed E-state index contributed by atoms with van der Waals surface area (Å²) in [6.07, 6.45) is 3.95. The lowest BCUT2D eigenvalue weighted by Crippen LogP contribution is -2.17. The van der Waals surface area contributed by atoms with E-state index in [1.807, 2.05) is 4.68 Å². The Labute approximate surface area is 104 Å². The maximum absolute atomic E-state index is 6.08. The third-order valence-corrected chi connectivity index (χ3v) is 3.18. The van der Waals surface area contributed by atoms with E-state index < -0.39 is 0 Å². The highest BCUT2D eigenvalue weighted by molar-refractivity contribution is 7.05. The van der Waals surface area contributed by atoms with Crippen LogP contribution in [0.5, 0.6) is 0 Å². The fraction of sp³-hybridized carbons (Fsp3) is 0.600. The maximum atomic E-state index is 6.08. The minimum Gasteiger partial charge on any atom is -0.323 e. The van der Waals surface area contributed by atoms with Gasteiger partial charge in [0.15, 0.2) is 0 Å². The Kier molecular flexibility index (Phi) is 3.80. The number of nitrogens with two attached hydrogens (primary N) is 1. The summed E-state index contributed by atoms with van der Waals surface area (Å²) in [4.78, 5) is 5.23. The van der Waals surface area contributed by atoms with Crippen molar-refractivity contribution in [2.75, 3.05) is 0 Å². The number of hydrogen-bond donors (Lipinski definition) is 1. The summed E-state index contributed by atoms with van der Waals surface area (Å²) in [5.41, 5.74) is 6.08. The van der Waals surface area contributed by atoms with Gasteiger partial charge in [0.1, 0.15) is 12.2 Å². The molecular formula is C10H16N6S. The molecule has 1 unspecified atom stereocenters. The van der Waals surface area contributed by atoms with Crippen LogP contribution >= 0.6 is 11.5 Å². The summed E-state index contributed by atoms with van der Waals surface area (Å²) >= 11 is 1.33. The quantitative estimate of drug-likeness (QED) is 0.859. The van der Waals surface area contributed by atoms with Gasteiger partial charge in [0.2, 0.25) is 0 Å². The van der Waals surface area contributed by atoms with Gasteiger partial charge in [0.05, 0.1) is 11.1 Å². The third-order valence-electron chi connectivity index (χ3n) is 2.38. The summed E-state index contributed by atoms with van der Waals surface area (Å²) in [6.45, 7) is 5.17. The van der Waals surface area contributed by atoms with Gasteiger partial charge in [-0.05, 0) is 17.5 Å². The Morgan fingerprint density at radius 1 is 1.47 bits per heavy atom. The Hall–Kier alpha value is -1.34. The molecule has 0 fully saturated rings. The van der Waals surface area contributed by atoms with E-state index in [0.717, 1.165) is 17.2 Å². The first-order valence-electron chi connectivity index (χ1n) is 5.56. The van der Waals surface area contributed by atoms with Gasteiger partial charge in [0.25, 0.3) is 0 Å². The van der Waals surface area contributed by atoms with Gasteiger partial charge in [-0.1, -0.05) is 18.3 Å². The van der Waals surface area contributed by atoms with E-state index in [4.69, 9.17) is 5.73 Å². The maximum Gasteiger partial charge on any atom is 0.138 e. The van der Waals surface area contributed by atoms with E-state index in [0.29, 0.717) is 12.3 Å². The van der Waals surface area contributed by atoms with Crippen molar-refractivity contribution in [3.05, 3.63) is 23.2 Å². The molecular weight excluding hydrogens is 236 g/mol. The Morgan fingerprint density at radius 3 is 2.94 bits per heavy atom. The Morgan fingerprint density at radius 2 is 2.29 bits per heavy atom. The number of hydrogen-bond acceptors (Lipinski definition) is 6. The van der Waals surface area contributed by atoms with E-state index >= 15 is 0 Å². The van der Waals surface area contributed by atoms with Crippen LogP contribution in [0.25, 0.3) is 0 Å². The molecule has 0 saturated carbocycles. The molecule has 0 aromatic carbocycles. The van der Waals surface area contributed by atoms with E-state index in [-0.39, 0.29) is 6.04 Å². The predicted molar refractivity (Wildman–Crippen MR) is 65.4 cm³/mol. The molecule has 0 aliphatic heterocycles. The van der Waals surface area contributed by atoms with Gasteiger partial charge in [-0.3, -0.25) is 0 Å². The minimum absolute atomic E-state index is 0.106. The van der Waals surface area contributed by atoms with Crippen molar-refractivity contribution in [2.45, 2.75) is 32.9 Å². The van der Waals surface area contributed by atoms with Crippen LogP contribution in [0.4, 0.5) is 0 Å². The summed E-state index contributed by atoms with van der Waals surface area (Å²) in [6, 6.07) is -0.106. The summed E-state index contributed by atoms with van der Waals surface area (Å²) in [5, 5.41) is 8.00. The zero-order valence-corrected chi connectivity index (χ0v) is 10.8. The van der Waals surface area contributed by atoms with Crippen molar-refractivity contribution in [1.29, 1.82) is 0 Å². The molecule has 7 heteroatoms. The van der Waals surface area contributed by atoms with Crippen LogP contribution in [0.15, 0.2) is 12.5 Å². The van der Waals surface area contributed by atoms with Crippen LogP contribution < -0.4 is 5.73 Å². The zero-order chi connectivity index (χ0) is 12.3. The van der Waals surface area contributed by atoms with Gasteiger partial charge in [-0.2, -0.15) is 5.10 Å². The second kappa shape index (κ2) is 5.33. The van der Waals surface area contributed by atoms with Crippen LogP contribution in [-0.2, 0) is 13.0 Å². The zero-order valence-electron chi connectivity index (χ0n) is 9.95. The first kappa shape index (κ1) is 12.1. The van der Waals surface area contributed by atoms with E-state index in [1.165, 1.54) is 11.5 Å². The average molecular weight is 252 g/mol. The van der Waals surface area contributed by atoms with Crippen LogP contribution in [0.3, 0.4) is 0 Å². The first-order valence-corrected chi connectivity index (χ1v) is 6.33. The number of nitrogens with zero attached hydrogens (tertiary/aromatic N) is 5. The van der Waals surface area contributed by atoms with Crippen molar-refractivity contribution >= 4 is 11.5 Å². The van der Waals surface area contributed by atoms with Gasteiger partial charge in [-0.25, -0.2) is 9.67 Å². The first-order chi connectivity index (χ1) is 8.16. The van der Waals surface area contributed by atoms with Crippen LogP contribution in [0.1, 0.15) is 30.6 Å². The minimum atomic E-state index is -0.106. The predicted octanol–water partition coefficient (Wildman–Crippen LogP) is 1.03. The molecule has 0 aliphatic rings. The summed E-state index contributed by atoms with van der Waals surface area (Å²) in [7, 11) is 0. The van der Waals surface area contributed by atoms with Crippen LogP contribution in [-0.4, -0.2) is 24.4 Å². The molecule has 0 amide bonds. The van der Waals surface area contributed by atoms with E-state index in [2.05, 4.69) is 33.5 Å². The molecule has 2 aromatic heterocycles. The second-order valence-electron chi connectivity index (χ2n) is 4.38. The summed E-state index contributed by atoms with van der Waals surface area (Å²) in [5.74, 6) is 1.45. The molecule has 0 saturated heterocycles. The molecule has 6 nitrogen and oxygen atoms in total. The second-order valence-corrected chi connectivity index (χ2v) is 5.20. The SMILES string of the molecule is CC(C)Cn1ncnc1CC(N)c1cnns1. The highest BCUT2D eigenvalue weighted by Crippen LogP contribution is 2.16. The molecule has 0 aliphatic carbocycles. The molecule has 0 spiro atoms. The van der Waals surface area contributed by atoms with Gasteiger partial charge >= 0.3 is 0 Å². The van der Waals surface area contributed by atoms with Crippen molar-refractivity contribution in [3.63, 3.8) is 0 Å². The summed E-state index contributed by atoms with van der Waals surface area (Å²) < 4.78 is 5.73. The monoisotopic (exact) mass is 252 g/mol. The van der Waals surface area contributed by atoms with Gasteiger partial charge < -0.3 is 5.73 Å². The van der Waals surface area contributed by atoms with Crippen LogP contribution in [0.2, 0.25) is 0 Å². The third kappa shape index (κ3) is 3.07. The molecule has 92 valence electrons. The molecule has 2 aromatic rings. The smallest absolute Gasteiger partial charge is 0.138 e. The number of rotatable bonds is 5. The number of aromatic nitrogens is 5. The van der Waals surface area contributed by atoms with Gasteiger partial charge in [0, 0.05) is 19.0 Å². The van der Waals surface area contributed by atoms with Crippen LogP contribution in [0, 0.1) is 5.92 Å². The van der Waals surface area contributed by atoms with Crippen molar-refractivity contribution in [2.24, 2.45) is 11.7 Å². The molecule has 2 heterocycles. The topological polar surface area (TPSA) is 82.5 Å². The molecule has 2 rings (SSSR count). The fourth-order valence-corrected chi connectivity index (χ4v) is 2.08. The lowest BCUT2D eigenvalue weighted by molar-refractivity contribution is 0.460. The molecule has 17 heavy (non-hydrogen) atoms. The average Bonchev–Trinajstić information content (AvgIpc) is 2.89.